The zero-order valence-corrected chi connectivity index (χ0v) is 22.9. The molecule has 0 amide bonds. The van der Waals surface area contributed by atoms with E-state index in [2.05, 4.69) is 82.3 Å². The molecule has 0 saturated carbocycles. The van der Waals surface area contributed by atoms with Crippen LogP contribution in [0.5, 0.6) is 5.75 Å². The average molecular weight is 497 g/mol. The Labute approximate surface area is 217 Å². The number of thioether (sulfide) groups is 2. The Morgan fingerprint density at radius 2 is 1.17 bits per heavy atom. The van der Waals surface area contributed by atoms with Crippen molar-refractivity contribution in [2.45, 2.75) is 56.1 Å². The number of ether oxygens (including phenoxy) is 1. The second kappa shape index (κ2) is 8.64. The number of fused-ring (bicyclic) bond motifs is 6. The molecule has 3 heteroatoms. The molecule has 1 aliphatic heterocycles. The molecule has 178 valence electrons. The molecule has 5 aromatic carbocycles. The van der Waals surface area contributed by atoms with Crippen LogP contribution in [-0.2, 0) is 28.4 Å². The minimum absolute atomic E-state index is 0.136. The van der Waals surface area contributed by atoms with Gasteiger partial charge in [0.1, 0.15) is 5.75 Å². The highest BCUT2D eigenvalue weighted by molar-refractivity contribution is 7.98. The third-order valence-electron chi connectivity index (χ3n) is 7.38. The van der Waals surface area contributed by atoms with E-state index in [-0.39, 0.29) is 5.41 Å². The van der Waals surface area contributed by atoms with Crippen LogP contribution >= 0.6 is 23.5 Å². The van der Waals surface area contributed by atoms with Gasteiger partial charge in [-0.15, -0.1) is 0 Å². The van der Waals surface area contributed by atoms with E-state index in [1.807, 2.05) is 30.6 Å². The topological polar surface area (TPSA) is 9.23 Å². The SMILES string of the molecule is COc1c2cc(C)cc1CSCc1cc(c3ccc4cc(C(C)(C)C)cc5ccc1c3c45)CSC2. The summed E-state index contributed by atoms with van der Waals surface area (Å²) in [5.74, 6) is 5.02. The largest absolute Gasteiger partial charge is 0.496 e. The minimum Gasteiger partial charge on any atom is -0.496 e. The lowest BCUT2D eigenvalue weighted by atomic mass is 9.82. The van der Waals surface area contributed by atoms with Crippen LogP contribution in [0.4, 0.5) is 0 Å². The summed E-state index contributed by atoms with van der Waals surface area (Å²) in [6.07, 6.45) is 0. The first-order valence-electron chi connectivity index (χ1n) is 12.4. The monoisotopic (exact) mass is 496 g/mol. The number of hydrogen-bond donors (Lipinski definition) is 0. The summed E-state index contributed by atoms with van der Waals surface area (Å²) in [5, 5.41) is 8.45. The van der Waals surface area contributed by atoms with Gasteiger partial charge < -0.3 is 4.74 Å². The van der Waals surface area contributed by atoms with E-state index < -0.39 is 0 Å². The van der Waals surface area contributed by atoms with Gasteiger partial charge in [-0.1, -0.05) is 80.9 Å². The molecule has 6 rings (SSSR count). The molecule has 0 spiro atoms. The molecular weight excluding hydrogens is 464 g/mol. The quantitative estimate of drug-likeness (QED) is 0.214. The highest BCUT2D eigenvalue weighted by atomic mass is 32.2. The van der Waals surface area contributed by atoms with Crippen molar-refractivity contribution in [3.05, 3.63) is 88.0 Å². The zero-order chi connectivity index (χ0) is 24.3. The van der Waals surface area contributed by atoms with Crippen molar-refractivity contribution >= 4 is 55.8 Å². The van der Waals surface area contributed by atoms with Gasteiger partial charge in [0.05, 0.1) is 7.11 Å². The lowest BCUT2D eigenvalue weighted by Crippen LogP contribution is -2.10. The van der Waals surface area contributed by atoms with E-state index in [0.717, 1.165) is 28.8 Å². The molecule has 0 aliphatic carbocycles. The van der Waals surface area contributed by atoms with Gasteiger partial charge in [-0.25, -0.2) is 0 Å². The second-order valence-corrected chi connectivity index (χ2v) is 12.9. The van der Waals surface area contributed by atoms with E-state index in [0.29, 0.717) is 0 Å². The van der Waals surface area contributed by atoms with Crippen LogP contribution in [0.1, 0.15) is 54.2 Å². The van der Waals surface area contributed by atoms with Crippen molar-refractivity contribution in [1.29, 1.82) is 0 Å². The van der Waals surface area contributed by atoms with Gasteiger partial charge in [0.2, 0.25) is 0 Å². The van der Waals surface area contributed by atoms with E-state index in [1.54, 1.807) is 0 Å². The van der Waals surface area contributed by atoms with Crippen molar-refractivity contribution in [2.75, 3.05) is 7.11 Å². The first kappa shape index (κ1) is 23.1. The minimum atomic E-state index is 0.136. The summed E-state index contributed by atoms with van der Waals surface area (Å²) in [6.45, 7) is 9.12. The van der Waals surface area contributed by atoms with Crippen LogP contribution in [0.25, 0.3) is 32.3 Å². The van der Waals surface area contributed by atoms with Gasteiger partial charge in [0, 0.05) is 34.1 Å². The van der Waals surface area contributed by atoms with Gasteiger partial charge in [-0.05, 0) is 61.3 Å². The highest BCUT2D eigenvalue weighted by Crippen LogP contribution is 2.43. The Morgan fingerprint density at radius 3 is 1.66 bits per heavy atom. The number of rotatable bonds is 1. The van der Waals surface area contributed by atoms with E-state index in [1.165, 1.54) is 65.7 Å². The van der Waals surface area contributed by atoms with Crippen LogP contribution in [0.15, 0.2) is 54.6 Å². The van der Waals surface area contributed by atoms with Gasteiger partial charge in [0.15, 0.2) is 0 Å². The number of aryl methyl sites for hydroxylation is 1. The molecule has 1 heterocycles. The third-order valence-corrected chi connectivity index (χ3v) is 9.44. The van der Waals surface area contributed by atoms with Crippen LogP contribution in [0, 0.1) is 6.92 Å². The highest BCUT2D eigenvalue weighted by Gasteiger charge is 2.20. The smallest absolute Gasteiger partial charge is 0.126 e. The first-order chi connectivity index (χ1) is 16.8. The molecule has 0 N–H and O–H groups in total. The molecule has 0 radical (unpaired) electrons. The standard InChI is InChI=1S/C32H32OS2/c1-19-10-24-17-34-15-22-12-23(16-35-18-25(11-19)31(24)33-5)28-9-7-21-14-26(32(2,3)4)13-20-6-8-27(22)30(28)29(20)21/h6-14H,15-18H2,1-5H3. The lowest BCUT2D eigenvalue weighted by Gasteiger charge is -2.23. The molecule has 1 nitrogen and oxygen atoms in total. The Balaban J connectivity index is 1.54. The van der Waals surface area contributed by atoms with E-state index in [4.69, 9.17) is 4.74 Å². The summed E-state index contributed by atoms with van der Waals surface area (Å²) >= 11 is 4.00. The van der Waals surface area contributed by atoms with E-state index in [9.17, 15) is 0 Å². The van der Waals surface area contributed by atoms with Gasteiger partial charge in [-0.2, -0.15) is 23.5 Å². The van der Waals surface area contributed by atoms with Gasteiger partial charge in [-0.3, -0.25) is 0 Å². The van der Waals surface area contributed by atoms with Crippen molar-refractivity contribution in [3.8, 4) is 5.75 Å². The Bertz CT molecular complexity index is 1480. The van der Waals surface area contributed by atoms with Crippen LogP contribution in [0.2, 0.25) is 0 Å². The van der Waals surface area contributed by atoms with Crippen LogP contribution < -0.4 is 4.74 Å². The zero-order valence-electron chi connectivity index (χ0n) is 21.2. The molecule has 0 saturated heterocycles. The van der Waals surface area contributed by atoms with Crippen LogP contribution in [0.3, 0.4) is 0 Å². The third kappa shape index (κ3) is 3.97. The molecule has 0 unspecified atom stereocenters. The molecule has 0 atom stereocenters. The van der Waals surface area contributed by atoms with Crippen molar-refractivity contribution in [3.63, 3.8) is 0 Å². The Hall–Kier alpha value is -2.36. The number of methoxy groups -OCH3 is 1. The van der Waals surface area contributed by atoms with Gasteiger partial charge >= 0.3 is 0 Å². The molecular formula is C32H32OS2. The molecule has 4 bridgehead atoms. The van der Waals surface area contributed by atoms with Crippen LogP contribution in [-0.4, -0.2) is 7.11 Å². The maximum absolute atomic E-state index is 5.89. The number of benzene rings is 5. The summed E-state index contributed by atoms with van der Waals surface area (Å²) in [4.78, 5) is 0. The maximum atomic E-state index is 5.89. The maximum Gasteiger partial charge on any atom is 0.126 e. The fourth-order valence-corrected chi connectivity index (χ4v) is 7.68. The summed E-state index contributed by atoms with van der Waals surface area (Å²) in [6, 6.07) is 21.4. The predicted octanol–water partition coefficient (Wildman–Crippen LogP) is 9.38. The Morgan fingerprint density at radius 1 is 0.657 bits per heavy atom. The Kier molecular flexibility index (Phi) is 5.69. The first-order valence-corrected chi connectivity index (χ1v) is 14.7. The molecule has 35 heavy (non-hydrogen) atoms. The second-order valence-electron chi connectivity index (χ2n) is 10.9. The van der Waals surface area contributed by atoms with Gasteiger partial charge in [0.25, 0.3) is 0 Å². The van der Waals surface area contributed by atoms with Crippen molar-refractivity contribution in [2.24, 2.45) is 0 Å². The summed E-state index contributed by atoms with van der Waals surface area (Å²) in [5.41, 5.74) is 8.42. The average Bonchev–Trinajstić information content (AvgIpc) is 2.82. The molecule has 0 aromatic heterocycles. The predicted molar refractivity (Wildman–Crippen MR) is 157 cm³/mol. The van der Waals surface area contributed by atoms with Crippen molar-refractivity contribution < 1.29 is 4.74 Å². The molecule has 0 fully saturated rings. The molecule has 1 aliphatic rings. The normalized spacial score (nSPS) is 14.9. The van der Waals surface area contributed by atoms with E-state index >= 15 is 0 Å². The lowest BCUT2D eigenvalue weighted by molar-refractivity contribution is 0.407. The summed E-state index contributed by atoms with van der Waals surface area (Å²) in [7, 11) is 1.82. The number of hydrogen-bond acceptors (Lipinski definition) is 3. The van der Waals surface area contributed by atoms with Crippen molar-refractivity contribution in [1.82, 2.24) is 0 Å². The fraction of sp³-hybridized carbons (Fsp3) is 0.312. The fourth-order valence-electron chi connectivity index (χ4n) is 5.69. The summed E-state index contributed by atoms with van der Waals surface area (Å²) < 4.78 is 5.89. The molecule has 5 aromatic rings.